The second kappa shape index (κ2) is 9.37. The first-order chi connectivity index (χ1) is 17.4. The number of amides is 2. The molecular formula is C28H30Cl2N4O2S. The van der Waals surface area contributed by atoms with Crippen molar-refractivity contribution < 1.29 is 9.59 Å². The number of hydrogen-bond acceptors (Lipinski definition) is 5. The SMILES string of the molecule is CC(C)C1=C(C(=O)N2CC(=O)NC(C)(C)C2)SC2=N[C@@](C)(c3ccc(Cl)cc3)[C@@H](c3ccc(Cl)cc3)N21. The molecule has 2 aromatic carbocycles. The Morgan fingerprint density at radius 3 is 2.22 bits per heavy atom. The fourth-order valence-electron chi connectivity index (χ4n) is 5.51. The molecule has 3 aliphatic rings. The lowest BCUT2D eigenvalue weighted by Gasteiger charge is -2.39. The van der Waals surface area contributed by atoms with E-state index in [-0.39, 0.29) is 30.3 Å². The van der Waals surface area contributed by atoms with Crippen molar-refractivity contribution in [2.45, 2.75) is 51.7 Å². The number of carbonyl (C=O) groups excluding carboxylic acids is 2. The molecule has 1 saturated heterocycles. The molecule has 9 heteroatoms. The van der Waals surface area contributed by atoms with Crippen molar-refractivity contribution in [1.82, 2.24) is 15.1 Å². The zero-order valence-electron chi connectivity index (χ0n) is 21.5. The van der Waals surface area contributed by atoms with Crippen LogP contribution in [0.5, 0.6) is 0 Å². The van der Waals surface area contributed by atoms with Gasteiger partial charge in [0.1, 0.15) is 10.4 Å². The van der Waals surface area contributed by atoms with E-state index in [1.54, 1.807) is 4.90 Å². The number of fused-ring (bicyclic) bond motifs is 1. The van der Waals surface area contributed by atoms with Gasteiger partial charge in [-0.2, -0.15) is 0 Å². The molecule has 3 aliphatic heterocycles. The molecule has 1 N–H and O–H groups in total. The van der Waals surface area contributed by atoms with Crippen LogP contribution < -0.4 is 5.32 Å². The molecular weight excluding hydrogens is 527 g/mol. The Kier molecular flexibility index (Phi) is 6.62. The second-order valence-electron chi connectivity index (χ2n) is 10.9. The first kappa shape index (κ1) is 26.1. The number of aliphatic imine (C=N–C) groups is 1. The summed E-state index contributed by atoms with van der Waals surface area (Å²) in [4.78, 5) is 36.0. The highest BCUT2D eigenvalue weighted by Crippen LogP contribution is 2.56. The van der Waals surface area contributed by atoms with Gasteiger partial charge in [-0.1, -0.05) is 61.3 Å². The molecule has 194 valence electrons. The van der Waals surface area contributed by atoms with E-state index >= 15 is 0 Å². The number of nitrogens with one attached hydrogen (secondary N) is 1. The van der Waals surface area contributed by atoms with Crippen molar-refractivity contribution in [3.8, 4) is 0 Å². The zero-order chi connectivity index (χ0) is 26.7. The molecule has 0 bridgehead atoms. The van der Waals surface area contributed by atoms with Crippen LogP contribution in [0.25, 0.3) is 0 Å². The summed E-state index contributed by atoms with van der Waals surface area (Å²) in [6.07, 6.45) is 0. The Morgan fingerprint density at radius 2 is 1.65 bits per heavy atom. The Labute approximate surface area is 232 Å². The molecule has 5 rings (SSSR count). The molecule has 2 atom stereocenters. The van der Waals surface area contributed by atoms with Crippen molar-refractivity contribution >= 4 is 51.9 Å². The van der Waals surface area contributed by atoms with E-state index in [4.69, 9.17) is 28.2 Å². The van der Waals surface area contributed by atoms with Gasteiger partial charge in [-0.15, -0.1) is 0 Å². The van der Waals surface area contributed by atoms with Crippen molar-refractivity contribution in [3.05, 3.63) is 80.3 Å². The average molecular weight is 558 g/mol. The number of amidine groups is 1. The van der Waals surface area contributed by atoms with Gasteiger partial charge in [0.25, 0.3) is 5.91 Å². The molecule has 0 unspecified atom stereocenters. The van der Waals surface area contributed by atoms with Gasteiger partial charge in [0.2, 0.25) is 5.91 Å². The molecule has 0 aromatic heterocycles. The number of nitrogens with zero attached hydrogens (tertiary/aromatic N) is 3. The minimum absolute atomic E-state index is 0.0489. The quantitative estimate of drug-likeness (QED) is 0.503. The van der Waals surface area contributed by atoms with Crippen LogP contribution in [0.4, 0.5) is 0 Å². The molecule has 6 nitrogen and oxygen atoms in total. The van der Waals surface area contributed by atoms with Crippen molar-refractivity contribution in [3.63, 3.8) is 0 Å². The largest absolute Gasteiger partial charge is 0.348 e. The van der Waals surface area contributed by atoms with Crippen LogP contribution in [-0.2, 0) is 15.1 Å². The van der Waals surface area contributed by atoms with Crippen LogP contribution in [0, 0.1) is 5.92 Å². The normalized spacial score (nSPS) is 24.9. The Morgan fingerprint density at radius 1 is 1.05 bits per heavy atom. The third-order valence-corrected chi connectivity index (χ3v) is 8.61. The van der Waals surface area contributed by atoms with Gasteiger partial charge in [-0.25, -0.2) is 4.99 Å². The topological polar surface area (TPSA) is 65.0 Å². The number of thioether (sulfide) groups is 1. The summed E-state index contributed by atoms with van der Waals surface area (Å²) in [5, 5.41) is 5.07. The van der Waals surface area contributed by atoms with Crippen molar-refractivity contribution in [2.24, 2.45) is 10.9 Å². The van der Waals surface area contributed by atoms with E-state index in [0.717, 1.165) is 22.0 Å². The summed E-state index contributed by atoms with van der Waals surface area (Å²) in [5.74, 6) is -0.226. The molecule has 1 fully saturated rings. The summed E-state index contributed by atoms with van der Waals surface area (Å²) >= 11 is 13.9. The lowest BCUT2D eigenvalue weighted by Crippen LogP contribution is -2.61. The van der Waals surface area contributed by atoms with E-state index in [1.165, 1.54) is 11.8 Å². The van der Waals surface area contributed by atoms with Crippen molar-refractivity contribution in [2.75, 3.05) is 13.1 Å². The predicted octanol–water partition coefficient (Wildman–Crippen LogP) is 5.97. The van der Waals surface area contributed by atoms with Crippen LogP contribution in [0.3, 0.4) is 0 Å². The van der Waals surface area contributed by atoms with Crippen LogP contribution in [0.15, 0.2) is 64.1 Å². The Balaban J connectivity index is 1.61. The van der Waals surface area contributed by atoms with Gasteiger partial charge < -0.3 is 15.1 Å². The van der Waals surface area contributed by atoms with E-state index < -0.39 is 11.1 Å². The second-order valence-corrected chi connectivity index (χ2v) is 12.8. The van der Waals surface area contributed by atoms with Crippen LogP contribution in [0.2, 0.25) is 10.0 Å². The van der Waals surface area contributed by atoms with E-state index in [1.807, 2.05) is 62.4 Å². The first-order valence-electron chi connectivity index (χ1n) is 12.3. The number of carbonyl (C=O) groups is 2. The maximum Gasteiger partial charge on any atom is 0.263 e. The molecule has 0 aliphatic carbocycles. The standard InChI is InChI=1S/C28H30Cl2N4O2S/c1-16(2)22-23(25(36)33-14-21(35)31-27(3,4)15-33)37-26-32-28(5,18-8-12-20(30)13-9-18)24(34(22)26)17-6-10-19(29)11-7-17/h6-13,16,24H,14-15H2,1-5H3,(H,31,35)/t24-,28+/m1/s1. The molecule has 2 amide bonds. The van der Waals surface area contributed by atoms with Crippen LogP contribution in [-0.4, -0.2) is 45.4 Å². The highest BCUT2D eigenvalue weighted by molar-refractivity contribution is 8.18. The number of piperazine rings is 1. The molecule has 0 radical (unpaired) electrons. The number of allylic oxidation sites excluding steroid dienone is 1. The van der Waals surface area contributed by atoms with E-state index in [0.29, 0.717) is 21.5 Å². The lowest BCUT2D eigenvalue weighted by atomic mass is 9.81. The zero-order valence-corrected chi connectivity index (χ0v) is 23.8. The highest BCUT2D eigenvalue weighted by Gasteiger charge is 2.53. The first-order valence-corrected chi connectivity index (χ1v) is 13.9. The van der Waals surface area contributed by atoms with Gasteiger partial charge in [-0.05, 0) is 73.8 Å². The number of benzene rings is 2. The van der Waals surface area contributed by atoms with Gasteiger partial charge >= 0.3 is 0 Å². The summed E-state index contributed by atoms with van der Waals surface area (Å²) in [6.45, 7) is 10.7. The smallest absolute Gasteiger partial charge is 0.263 e. The van der Waals surface area contributed by atoms with E-state index in [2.05, 4.69) is 31.0 Å². The Hall–Kier alpha value is -2.48. The third kappa shape index (κ3) is 4.66. The third-order valence-electron chi connectivity index (χ3n) is 7.05. The number of halogens is 2. The summed E-state index contributed by atoms with van der Waals surface area (Å²) in [7, 11) is 0. The van der Waals surface area contributed by atoms with Gasteiger partial charge in [0.05, 0.1) is 18.1 Å². The van der Waals surface area contributed by atoms with Gasteiger partial charge in [0.15, 0.2) is 5.17 Å². The van der Waals surface area contributed by atoms with Crippen molar-refractivity contribution in [1.29, 1.82) is 0 Å². The van der Waals surface area contributed by atoms with Crippen LogP contribution in [0.1, 0.15) is 51.8 Å². The maximum atomic E-state index is 13.9. The summed E-state index contributed by atoms with van der Waals surface area (Å²) in [6, 6.07) is 15.4. The fraction of sp³-hybridized carbons (Fsp3) is 0.393. The monoisotopic (exact) mass is 556 g/mol. The van der Waals surface area contributed by atoms with Gasteiger partial charge in [0, 0.05) is 22.3 Å². The molecule has 3 heterocycles. The average Bonchev–Trinajstić information content (AvgIpc) is 3.31. The summed E-state index contributed by atoms with van der Waals surface area (Å²) < 4.78 is 0. The predicted molar refractivity (Wildman–Crippen MR) is 151 cm³/mol. The lowest BCUT2D eigenvalue weighted by molar-refractivity contribution is -0.138. The fourth-order valence-corrected chi connectivity index (χ4v) is 7.14. The Bertz CT molecular complexity index is 1320. The molecule has 0 spiro atoms. The number of rotatable bonds is 4. The molecule has 2 aromatic rings. The van der Waals surface area contributed by atoms with Gasteiger partial charge in [-0.3, -0.25) is 9.59 Å². The summed E-state index contributed by atoms with van der Waals surface area (Å²) in [5.41, 5.74) is 1.90. The minimum Gasteiger partial charge on any atom is -0.348 e. The number of hydrogen-bond donors (Lipinski definition) is 1. The minimum atomic E-state index is -0.623. The molecule has 0 saturated carbocycles. The van der Waals surface area contributed by atoms with E-state index in [9.17, 15) is 9.59 Å². The molecule has 37 heavy (non-hydrogen) atoms. The maximum absolute atomic E-state index is 13.9. The highest BCUT2D eigenvalue weighted by atomic mass is 35.5. The van der Waals surface area contributed by atoms with Crippen LogP contribution >= 0.6 is 35.0 Å².